The summed E-state index contributed by atoms with van der Waals surface area (Å²) < 4.78 is 27.1. The van der Waals surface area contributed by atoms with Crippen molar-refractivity contribution in [2.75, 3.05) is 37.3 Å². The second-order valence-electron chi connectivity index (χ2n) is 8.56. The zero-order chi connectivity index (χ0) is 27.6. The van der Waals surface area contributed by atoms with E-state index < -0.39 is 11.4 Å². The Balaban J connectivity index is 1.38. The van der Waals surface area contributed by atoms with Crippen LogP contribution in [0.4, 0.5) is 11.4 Å². The summed E-state index contributed by atoms with van der Waals surface area (Å²) in [6.07, 6.45) is 0. The van der Waals surface area contributed by atoms with Gasteiger partial charge in [-0.2, -0.15) is 0 Å². The summed E-state index contributed by atoms with van der Waals surface area (Å²) in [5.41, 5.74) is 4.52. The lowest BCUT2D eigenvalue weighted by Crippen LogP contribution is -2.29. The molecular formula is C30H31N3O5S. The van der Waals surface area contributed by atoms with E-state index in [9.17, 15) is 14.5 Å². The van der Waals surface area contributed by atoms with Gasteiger partial charge >= 0.3 is 0 Å². The minimum absolute atomic E-state index is 0.0527. The Morgan fingerprint density at radius 1 is 0.821 bits per heavy atom. The molecule has 0 aliphatic heterocycles. The SMILES string of the molecule is COc1ccccc1C(=O)NCCNc1cccc(N[S+]([O-])c2cc(-c3cccc(CO)c3)ccc2OC)c1. The van der Waals surface area contributed by atoms with Crippen LogP contribution < -0.4 is 24.8 Å². The highest BCUT2D eigenvalue weighted by atomic mass is 32.2. The quantitative estimate of drug-likeness (QED) is 0.149. The molecule has 1 atom stereocenters. The fourth-order valence-electron chi connectivity index (χ4n) is 4.02. The summed E-state index contributed by atoms with van der Waals surface area (Å²) in [6, 6.07) is 27.6. The minimum atomic E-state index is -1.60. The van der Waals surface area contributed by atoms with Crippen molar-refractivity contribution in [3.05, 3.63) is 102 Å². The van der Waals surface area contributed by atoms with E-state index in [2.05, 4.69) is 15.4 Å². The molecule has 0 aliphatic rings. The third-order valence-corrected chi connectivity index (χ3v) is 7.11. The van der Waals surface area contributed by atoms with Gasteiger partial charge in [0.15, 0.2) is 5.75 Å². The van der Waals surface area contributed by atoms with Crippen molar-refractivity contribution in [3.8, 4) is 22.6 Å². The zero-order valence-corrected chi connectivity index (χ0v) is 22.6. The standard InChI is InChI=1S/C30H31N3O5S/c1-37-27-12-4-3-11-26(27)30(35)32-16-15-31-24-9-6-10-25(19-24)33-39(36)29-18-23(13-14-28(29)38-2)22-8-5-7-21(17-22)20-34/h3-14,17-19,31,33-34H,15-16,20H2,1-2H3,(H,32,35). The van der Waals surface area contributed by atoms with Crippen LogP contribution in [-0.2, 0) is 18.0 Å². The number of para-hydroxylation sites is 1. The number of carbonyl (C=O) groups is 1. The molecule has 1 amide bonds. The number of nitrogens with one attached hydrogen (secondary N) is 3. The number of rotatable bonds is 12. The van der Waals surface area contributed by atoms with Gasteiger partial charge < -0.3 is 29.8 Å². The van der Waals surface area contributed by atoms with Crippen molar-refractivity contribution in [2.45, 2.75) is 11.5 Å². The molecule has 0 aromatic heterocycles. The Morgan fingerprint density at radius 2 is 1.56 bits per heavy atom. The van der Waals surface area contributed by atoms with Gasteiger partial charge in [0.25, 0.3) is 5.91 Å². The van der Waals surface area contributed by atoms with Crippen LogP contribution in [-0.4, -0.2) is 42.9 Å². The fraction of sp³-hybridized carbons (Fsp3) is 0.167. The van der Waals surface area contributed by atoms with Crippen LogP contribution in [0.3, 0.4) is 0 Å². The summed E-state index contributed by atoms with van der Waals surface area (Å²) in [6.45, 7) is 0.848. The normalized spacial score (nSPS) is 11.4. The third kappa shape index (κ3) is 7.23. The highest BCUT2D eigenvalue weighted by Crippen LogP contribution is 2.32. The molecule has 4 rings (SSSR count). The van der Waals surface area contributed by atoms with E-state index in [0.717, 1.165) is 22.4 Å². The van der Waals surface area contributed by atoms with Crippen LogP contribution in [0.25, 0.3) is 11.1 Å². The Kier molecular flexibility index (Phi) is 9.69. The van der Waals surface area contributed by atoms with E-state index in [1.54, 1.807) is 31.4 Å². The van der Waals surface area contributed by atoms with Crippen molar-refractivity contribution < 1.29 is 23.9 Å². The summed E-state index contributed by atoms with van der Waals surface area (Å²) in [5.74, 6) is 0.817. The van der Waals surface area contributed by atoms with Gasteiger partial charge in [0.05, 0.1) is 32.1 Å². The predicted molar refractivity (Wildman–Crippen MR) is 155 cm³/mol. The van der Waals surface area contributed by atoms with Gasteiger partial charge in [0.2, 0.25) is 4.90 Å². The maximum absolute atomic E-state index is 13.3. The summed E-state index contributed by atoms with van der Waals surface area (Å²) in [7, 11) is 3.07. The summed E-state index contributed by atoms with van der Waals surface area (Å²) in [5, 5.41) is 15.6. The van der Waals surface area contributed by atoms with Gasteiger partial charge in [-0.25, -0.2) is 4.72 Å². The Hall–Kier alpha value is -4.18. The number of hydrogen-bond donors (Lipinski definition) is 4. The van der Waals surface area contributed by atoms with Gasteiger partial charge in [0.1, 0.15) is 17.1 Å². The highest BCUT2D eigenvalue weighted by Gasteiger charge is 2.20. The molecule has 4 aromatic rings. The third-order valence-electron chi connectivity index (χ3n) is 5.97. The highest BCUT2D eigenvalue weighted by molar-refractivity contribution is 7.92. The number of aliphatic hydroxyl groups excluding tert-OH is 1. The lowest BCUT2D eigenvalue weighted by atomic mass is 10.0. The molecule has 9 heteroatoms. The summed E-state index contributed by atoms with van der Waals surface area (Å²) >= 11 is -1.60. The number of hydrogen-bond acceptors (Lipinski definition) is 7. The number of ether oxygens (including phenoxy) is 2. The molecule has 0 bridgehead atoms. The van der Waals surface area contributed by atoms with Gasteiger partial charge in [-0.05, 0) is 59.2 Å². The predicted octanol–water partition coefficient (Wildman–Crippen LogP) is 4.84. The topological polar surface area (TPSA) is 115 Å². The first-order valence-corrected chi connectivity index (χ1v) is 13.5. The number of methoxy groups -OCH3 is 2. The van der Waals surface area contributed by atoms with E-state index >= 15 is 0 Å². The molecule has 0 saturated carbocycles. The largest absolute Gasteiger partial charge is 0.588 e. The van der Waals surface area contributed by atoms with Gasteiger partial charge in [-0.3, -0.25) is 4.79 Å². The molecule has 0 heterocycles. The maximum atomic E-state index is 13.3. The van der Waals surface area contributed by atoms with E-state index in [4.69, 9.17) is 9.47 Å². The first-order chi connectivity index (χ1) is 19.0. The van der Waals surface area contributed by atoms with Crippen molar-refractivity contribution in [3.63, 3.8) is 0 Å². The average molecular weight is 546 g/mol. The average Bonchev–Trinajstić information content (AvgIpc) is 2.99. The number of amides is 1. The molecule has 8 nitrogen and oxygen atoms in total. The molecule has 0 spiro atoms. The zero-order valence-electron chi connectivity index (χ0n) is 21.8. The van der Waals surface area contributed by atoms with Gasteiger partial charge in [0, 0.05) is 24.8 Å². The van der Waals surface area contributed by atoms with E-state index in [-0.39, 0.29) is 12.5 Å². The molecule has 0 fully saturated rings. The Labute approximate surface area is 231 Å². The number of benzene rings is 4. The van der Waals surface area contributed by atoms with Crippen LogP contribution >= 0.6 is 0 Å². The Morgan fingerprint density at radius 3 is 2.36 bits per heavy atom. The molecule has 202 valence electrons. The molecule has 0 aliphatic carbocycles. The minimum Gasteiger partial charge on any atom is -0.588 e. The van der Waals surface area contributed by atoms with Crippen molar-refractivity contribution >= 4 is 28.6 Å². The van der Waals surface area contributed by atoms with E-state index in [0.29, 0.717) is 40.7 Å². The molecule has 0 radical (unpaired) electrons. The maximum Gasteiger partial charge on any atom is 0.255 e. The monoisotopic (exact) mass is 545 g/mol. The first-order valence-electron chi connectivity index (χ1n) is 12.3. The lowest BCUT2D eigenvalue weighted by Gasteiger charge is -2.16. The molecule has 39 heavy (non-hydrogen) atoms. The van der Waals surface area contributed by atoms with Gasteiger partial charge in [-0.1, -0.05) is 42.5 Å². The molecular weight excluding hydrogens is 514 g/mol. The lowest BCUT2D eigenvalue weighted by molar-refractivity contribution is 0.0952. The van der Waals surface area contributed by atoms with Crippen molar-refractivity contribution in [2.24, 2.45) is 0 Å². The fourth-order valence-corrected chi connectivity index (χ4v) is 5.03. The van der Waals surface area contributed by atoms with Crippen LogP contribution in [0.5, 0.6) is 11.5 Å². The number of aliphatic hydroxyl groups is 1. The first kappa shape index (κ1) is 27.8. The Bertz CT molecular complexity index is 1410. The smallest absolute Gasteiger partial charge is 0.255 e. The molecule has 1 unspecified atom stereocenters. The van der Waals surface area contributed by atoms with Crippen molar-refractivity contribution in [1.29, 1.82) is 0 Å². The second-order valence-corrected chi connectivity index (χ2v) is 9.74. The molecule has 0 saturated heterocycles. The number of carbonyl (C=O) groups excluding carboxylic acids is 1. The van der Waals surface area contributed by atoms with Crippen LogP contribution in [0.1, 0.15) is 15.9 Å². The van der Waals surface area contributed by atoms with Crippen molar-refractivity contribution in [1.82, 2.24) is 5.32 Å². The van der Waals surface area contributed by atoms with Gasteiger partial charge in [-0.15, -0.1) is 0 Å². The van der Waals surface area contributed by atoms with Crippen LogP contribution in [0, 0.1) is 0 Å². The second kappa shape index (κ2) is 13.6. The molecule has 4 N–H and O–H groups in total. The van der Waals surface area contributed by atoms with E-state index in [1.165, 1.54) is 7.11 Å². The van der Waals surface area contributed by atoms with E-state index in [1.807, 2.05) is 66.7 Å². The van der Waals surface area contributed by atoms with Crippen LogP contribution in [0.15, 0.2) is 95.9 Å². The molecule has 4 aromatic carbocycles. The van der Waals surface area contributed by atoms with Crippen LogP contribution in [0.2, 0.25) is 0 Å². The number of anilines is 2. The summed E-state index contributed by atoms with van der Waals surface area (Å²) in [4.78, 5) is 13.0.